The van der Waals surface area contributed by atoms with Crippen molar-refractivity contribution in [3.63, 3.8) is 0 Å². The molecule has 8 heteroatoms. The second-order valence-electron chi connectivity index (χ2n) is 6.49. The zero-order chi connectivity index (χ0) is 19.3. The number of rotatable bonds is 5. The molecule has 1 fully saturated rings. The molecule has 0 atom stereocenters. The van der Waals surface area contributed by atoms with E-state index in [1.54, 1.807) is 11.4 Å². The molecule has 3 aromatic rings. The second-order valence-corrected chi connectivity index (χ2v) is 8.13. The highest BCUT2D eigenvalue weighted by Crippen LogP contribution is 2.19. The Labute approximate surface area is 171 Å². The van der Waals surface area contributed by atoms with Gasteiger partial charge < -0.3 is 9.80 Å². The van der Waals surface area contributed by atoms with Gasteiger partial charge in [-0.25, -0.2) is 4.98 Å². The summed E-state index contributed by atoms with van der Waals surface area (Å²) in [5.74, 6) is -0.0979. The zero-order valence-corrected chi connectivity index (χ0v) is 16.8. The molecule has 6 nitrogen and oxygen atoms in total. The Bertz CT molecular complexity index is 932. The minimum atomic E-state index is -0.175. The van der Waals surface area contributed by atoms with Gasteiger partial charge >= 0.3 is 0 Å². The lowest BCUT2D eigenvalue weighted by Gasteiger charge is -2.36. The van der Waals surface area contributed by atoms with E-state index in [1.807, 2.05) is 33.9 Å². The standard InChI is InChI=1S/C20H20N4O2S2/c25-18(24-9-7-23(8-10-24)17-4-2-1-3-5-17)12-16-14-28-20(21-16)22-19(26)15-6-11-27-13-15/h1-6,11,13-14H,7-10,12H2,(H,21,22,26). The largest absolute Gasteiger partial charge is 0.368 e. The van der Waals surface area contributed by atoms with Crippen LogP contribution in [0.4, 0.5) is 10.8 Å². The summed E-state index contributed by atoms with van der Waals surface area (Å²) < 4.78 is 0. The topological polar surface area (TPSA) is 65.5 Å². The Morgan fingerprint density at radius 1 is 1.04 bits per heavy atom. The van der Waals surface area contributed by atoms with Crippen LogP contribution in [0.15, 0.2) is 52.5 Å². The van der Waals surface area contributed by atoms with Gasteiger partial charge in [-0.1, -0.05) is 18.2 Å². The second kappa shape index (κ2) is 8.53. The number of carbonyl (C=O) groups is 2. The van der Waals surface area contributed by atoms with E-state index in [9.17, 15) is 9.59 Å². The molecule has 0 aliphatic carbocycles. The van der Waals surface area contributed by atoms with Gasteiger partial charge in [0.15, 0.2) is 5.13 Å². The third kappa shape index (κ3) is 4.40. The summed E-state index contributed by atoms with van der Waals surface area (Å²) in [5, 5.41) is 8.79. The zero-order valence-electron chi connectivity index (χ0n) is 15.2. The van der Waals surface area contributed by atoms with Crippen LogP contribution in [0.25, 0.3) is 0 Å². The quantitative estimate of drug-likeness (QED) is 0.698. The Morgan fingerprint density at radius 3 is 2.54 bits per heavy atom. The minimum absolute atomic E-state index is 0.0775. The van der Waals surface area contributed by atoms with Crippen LogP contribution in [-0.4, -0.2) is 47.9 Å². The van der Waals surface area contributed by atoms with Gasteiger partial charge in [-0.2, -0.15) is 11.3 Å². The van der Waals surface area contributed by atoms with Crippen LogP contribution in [0.1, 0.15) is 16.1 Å². The number of aromatic nitrogens is 1. The number of carbonyl (C=O) groups excluding carboxylic acids is 2. The lowest BCUT2D eigenvalue weighted by atomic mass is 10.2. The maximum Gasteiger partial charge on any atom is 0.258 e. The van der Waals surface area contributed by atoms with Crippen molar-refractivity contribution in [2.45, 2.75) is 6.42 Å². The van der Waals surface area contributed by atoms with Gasteiger partial charge in [0.25, 0.3) is 5.91 Å². The molecule has 0 unspecified atom stereocenters. The van der Waals surface area contributed by atoms with Gasteiger partial charge in [-0.15, -0.1) is 11.3 Å². The van der Waals surface area contributed by atoms with Gasteiger partial charge in [-0.3, -0.25) is 14.9 Å². The Hall–Kier alpha value is -2.71. The molecule has 4 rings (SSSR count). The highest BCUT2D eigenvalue weighted by atomic mass is 32.1. The van der Waals surface area contributed by atoms with Crippen LogP contribution < -0.4 is 10.2 Å². The van der Waals surface area contributed by atoms with Gasteiger partial charge in [0, 0.05) is 42.6 Å². The SMILES string of the molecule is O=C(Nc1nc(CC(=O)N2CCN(c3ccccc3)CC2)cs1)c1ccsc1. The van der Waals surface area contributed by atoms with Gasteiger partial charge in [0.2, 0.25) is 5.91 Å². The average Bonchev–Trinajstić information content (AvgIpc) is 3.41. The van der Waals surface area contributed by atoms with E-state index in [2.05, 4.69) is 27.3 Å². The maximum atomic E-state index is 12.6. The number of nitrogens with zero attached hydrogens (tertiary/aromatic N) is 3. The first-order valence-electron chi connectivity index (χ1n) is 9.05. The predicted octanol–water partition coefficient (Wildman–Crippen LogP) is 3.35. The first kappa shape index (κ1) is 18.6. The summed E-state index contributed by atoms with van der Waals surface area (Å²) in [5.41, 5.74) is 2.51. The number of hydrogen-bond acceptors (Lipinski definition) is 6. The van der Waals surface area contributed by atoms with Crippen molar-refractivity contribution in [2.75, 3.05) is 36.4 Å². The first-order valence-corrected chi connectivity index (χ1v) is 10.9. The number of amides is 2. The summed E-state index contributed by atoms with van der Waals surface area (Å²) in [6.45, 7) is 3.07. The fourth-order valence-electron chi connectivity index (χ4n) is 3.13. The molecule has 1 aromatic carbocycles. The molecule has 1 saturated heterocycles. The summed E-state index contributed by atoms with van der Waals surface area (Å²) in [6.07, 6.45) is 0.260. The van der Waals surface area contributed by atoms with Crippen molar-refractivity contribution >= 4 is 45.3 Å². The van der Waals surface area contributed by atoms with Crippen LogP contribution >= 0.6 is 22.7 Å². The molecule has 1 aliphatic rings. The van der Waals surface area contributed by atoms with Crippen LogP contribution in [-0.2, 0) is 11.2 Å². The molecule has 0 saturated carbocycles. The van der Waals surface area contributed by atoms with Crippen molar-refractivity contribution in [3.05, 3.63) is 63.8 Å². The Morgan fingerprint density at radius 2 is 1.82 bits per heavy atom. The summed E-state index contributed by atoms with van der Waals surface area (Å²) in [6, 6.07) is 12.0. The molecule has 2 aromatic heterocycles. The van der Waals surface area contributed by atoms with Crippen molar-refractivity contribution in [1.82, 2.24) is 9.88 Å². The number of hydrogen-bond donors (Lipinski definition) is 1. The summed E-state index contributed by atoms with van der Waals surface area (Å²) in [4.78, 5) is 33.3. The molecular weight excluding hydrogens is 392 g/mol. The van der Waals surface area contributed by atoms with E-state index in [0.717, 1.165) is 13.1 Å². The van der Waals surface area contributed by atoms with E-state index in [4.69, 9.17) is 0 Å². The van der Waals surface area contributed by atoms with E-state index >= 15 is 0 Å². The monoisotopic (exact) mass is 412 g/mol. The number of para-hydroxylation sites is 1. The van der Waals surface area contributed by atoms with Gasteiger partial charge in [-0.05, 0) is 23.6 Å². The number of piperazine rings is 1. The lowest BCUT2D eigenvalue weighted by Crippen LogP contribution is -2.49. The molecule has 0 spiro atoms. The Balaban J connectivity index is 1.29. The van der Waals surface area contributed by atoms with E-state index in [1.165, 1.54) is 28.4 Å². The molecule has 1 aliphatic heterocycles. The highest BCUT2D eigenvalue weighted by Gasteiger charge is 2.22. The third-order valence-electron chi connectivity index (χ3n) is 4.64. The normalized spacial score (nSPS) is 14.1. The predicted molar refractivity (Wildman–Crippen MR) is 113 cm³/mol. The fourth-order valence-corrected chi connectivity index (χ4v) is 4.47. The van der Waals surface area contributed by atoms with Crippen molar-refractivity contribution < 1.29 is 9.59 Å². The number of thiophene rings is 1. The van der Waals surface area contributed by atoms with Gasteiger partial charge in [0.1, 0.15) is 0 Å². The number of thiazole rings is 1. The minimum Gasteiger partial charge on any atom is -0.368 e. The molecule has 2 amide bonds. The smallest absolute Gasteiger partial charge is 0.258 e. The molecule has 28 heavy (non-hydrogen) atoms. The average molecular weight is 413 g/mol. The number of benzene rings is 1. The highest BCUT2D eigenvalue weighted by molar-refractivity contribution is 7.14. The fraction of sp³-hybridized carbons (Fsp3) is 0.250. The molecule has 1 N–H and O–H groups in total. The van der Waals surface area contributed by atoms with Crippen LogP contribution in [0.5, 0.6) is 0 Å². The number of anilines is 2. The van der Waals surface area contributed by atoms with Crippen molar-refractivity contribution in [3.8, 4) is 0 Å². The lowest BCUT2D eigenvalue weighted by molar-refractivity contribution is -0.130. The van der Waals surface area contributed by atoms with Crippen LogP contribution in [0, 0.1) is 0 Å². The van der Waals surface area contributed by atoms with Crippen molar-refractivity contribution in [1.29, 1.82) is 0 Å². The summed E-state index contributed by atoms with van der Waals surface area (Å²) in [7, 11) is 0. The molecule has 144 valence electrons. The van der Waals surface area contributed by atoms with Gasteiger partial charge in [0.05, 0.1) is 17.7 Å². The molecular formula is C20H20N4O2S2. The Kier molecular flexibility index (Phi) is 5.68. The summed E-state index contributed by atoms with van der Waals surface area (Å²) >= 11 is 2.82. The van der Waals surface area contributed by atoms with Crippen molar-refractivity contribution in [2.24, 2.45) is 0 Å². The maximum absolute atomic E-state index is 12.6. The molecule has 3 heterocycles. The molecule has 0 bridgehead atoms. The number of nitrogens with one attached hydrogen (secondary N) is 1. The first-order chi connectivity index (χ1) is 13.7. The van der Waals surface area contributed by atoms with Crippen LogP contribution in [0.2, 0.25) is 0 Å². The van der Waals surface area contributed by atoms with Crippen LogP contribution in [0.3, 0.4) is 0 Å². The third-order valence-corrected chi connectivity index (χ3v) is 6.13. The van der Waals surface area contributed by atoms with E-state index < -0.39 is 0 Å². The van der Waals surface area contributed by atoms with E-state index in [-0.39, 0.29) is 18.2 Å². The molecule has 0 radical (unpaired) electrons. The van der Waals surface area contributed by atoms with E-state index in [0.29, 0.717) is 29.5 Å².